The summed E-state index contributed by atoms with van der Waals surface area (Å²) < 4.78 is 0. The van der Waals surface area contributed by atoms with Crippen LogP contribution in [-0.4, -0.2) is 13.1 Å². The Labute approximate surface area is 80.0 Å². The van der Waals surface area contributed by atoms with E-state index < -0.39 is 0 Å². The lowest BCUT2D eigenvalue weighted by atomic mass is 10.3. The summed E-state index contributed by atoms with van der Waals surface area (Å²) in [4.78, 5) is 0. The summed E-state index contributed by atoms with van der Waals surface area (Å²) >= 11 is 0. The van der Waals surface area contributed by atoms with Gasteiger partial charge in [-0.25, -0.2) is 0 Å². The predicted octanol–water partition coefficient (Wildman–Crippen LogP) is 3.69. The van der Waals surface area contributed by atoms with Gasteiger partial charge in [0, 0.05) is 6.04 Å². The summed E-state index contributed by atoms with van der Waals surface area (Å²) in [6.07, 6.45) is 1.22. The van der Waals surface area contributed by atoms with Crippen LogP contribution in [0.5, 0.6) is 0 Å². The maximum Gasteiger partial charge on any atom is 0.00331 e. The normalized spacial score (nSPS) is 10.8. The van der Waals surface area contributed by atoms with Crippen molar-refractivity contribution in [3.63, 3.8) is 0 Å². The van der Waals surface area contributed by atoms with Crippen molar-refractivity contribution in [3.8, 4) is 0 Å². The first-order chi connectivity index (χ1) is 5.54. The topological polar surface area (TPSA) is 12.0 Å². The highest BCUT2D eigenvalue weighted by Gasteiger charge is 1.86. The Kier molecular flexibility index (Phi) is 25.6. The second-order valence-electron chi connectivity index (χ2n) is 3.33. The molecular formula is C11H29N. The molecule has 1 unspecified atom stereocenters. The SMILES string of the molecule is CC.CC(C)C.CCC(C)NC. The number of hydrogen-bond donors (Lipinski definition) is 1. The molecule has 0 radical (unpaired) electrons. The fourth-order valence-electron chi connectivity index (χ4n) is 0.204. The van der Waals surface area contributed by atoms with Crippen molar-refractivity contribution in [2.75, 3.05) is 7.05 Å². The maximum absolute atomic E-state index is 3.11. The average Bonchev–Trinajstić information content (AvgIpc) is 2.06. The summed E-state index contributed by atoms with van der Waals surface area (Å²) in [6.45, 7) is 14.8. The van der Waals surface area contributed by atoms with Crippen molar-refractivity contribution in [3.05, 3.63) is 0 Å². The lowest BCUT2D eigenvalue weighted by Crippen LogP contribution is -2.19. The van der Waals surface area contributed by atoms with Crippen molar-refractivity contribution >= 4 is 0 Å². The summed E-state index contributed by atoms with van der Waals surface area (Å²) in [5.74, 6) is 0.833. The van der Waals surface area contributed by atoms with Gasteiger partial charge in [-0.1, -0.05) is 41.5 Å². The monoisotopic (exact) mass is 175 g/mol. The summed E-state index contributed by atoms with van der Waals surface area (Å²) in [5, 5.41) is 3.11. The van der Waals surface area contributed by atoms with E-state index in [1.165, 1.54) is 6.42 Å². The lowest BCUT2D eigenvalue weighted by Gasteiger charge is -2.02. The van der Waals surface area contributed by atoms with E-state index in [0.717, 1.165) is 5.92 Å². The Morgan fingerprint density at radius 2 is 1.25 bits per heavy atom. The summed E-state index contributed by atoms with van der Waals surface area (Å²) in [7, 11) is 1.98. The van der Waals surface area contributed by atoms with Crippen LogP contribution in [0.2, 0.25) is 0 Å². The number of nitrogens with one attached hydrogen (secondary N) is 1. The molecule has 0 aromatic rings. The van der Waals surface area contributed by atoms with Crippen molar-refractivity contribution < 1.29 is 0 Å². The van der Waals surface area contributed by atoms with Gasteiger partial charge in [-0.2, -0.15) is 0 Å². The minimum atomic E-state index is 0.685. The first-order valence-electron chi connectivity index (χ1n) is 5.21. The largest absolute Gasteiger partial charge is 0.317 e. The van der Waals surface area contributed by atoms with Gasteiger partial charge in [0.15, 0.2) is 0 Å². The summed E-state index contributed by atoms with van der Waals surface area (Å²) in [6, 6.07) is 0.685. The summed E-state index contributed by atoms with van der Waals surface area (Å²) in [5.41, 5.74) is 0. The molecule has 0 bridgehead atoms. The Bertz CT molecular complexity index is 44.2. The molecule has 0 rings (SSSR count). The van der Waals surface area contributed by atoms with Crippen LogP contribution in [0.1, 0.15) is 54.9 Å². The minimum Gasteiger partial charge on any atom is -0.317 e. The molecule has 0 aromatic carbocycles. The predicted molar refractivity (Wildman–Crippen MR) is 60.7 cm³/mol. The highest BCUT2D eigenvalue weighted by Crippen LogP contribution is 1.82. The molecule has 12 heavy (non-hydrogen) atoms. The van der Waals surface area contributed by atoms with Crippen LogP contribution in [0.15, 0.2) is 0 Å². The number of hydrogen-bond acceptors (Lipinski definition) is 1. The van der Waals surface area contributed by atoms with E-state index in [2.05, 4.69) is 39.9 Å². The standard InChI is InChI=1S/C5H13N.C4H10.C2H6/c1-4-5(2)6-3;1-4(2)3;1-2/h5-6H,4H2,1-3H3;4H,1-3H3;1-2H3. The second-order valence-corrected chi connectivity index (χ2v) is 3.33. The van der Waals surface area contributed by atoms with Crippen molar-refractivity contribution in [1.29, 1.82) is 0 Å². The van der Waals surface area contributed by atoms with Gasteiger partial charge in [-0.05, 0) is 26.3 Å². The van der Waals surface area contributed by atoms with Gasteiger partial charge in [-0.3, -0.25) is 0 Å². The molecule has 0 aliphatic rings. The molecule has 0 spiro atoms. The number of rotatable bonds is 2. The molecule has 1 N–H and O–H groups in total. The van der Waals surface area contributed by atoms with Gasteiger partial charge in [0.1, 0.15) is 0 Å². The molecule has 0 fully saturated rings. The fraction of sp³-hybridized carbons (Fsp3) is 1.00. The third-order valence-corrected chi connectivity index (χ3v) is 1.11. The van der Waals surface area contributed by atoms with Crippen molar-refractivity contribution in [1.82, 2.24) is 5.32 Å². The first kappa shape index (κ1) is 17.9. The van der Waals surface area contributed by atoms with Crippen LogP contribution >= 0.6 is 0 Å². The van der Waals surface area contributed by atoms with Crippen LogP contribution in [0.3, 0.4) is 0 Å². The Morgan fingerprint density at radius 1 is 1.00 bits per heavy atom. The Balaban J connectivity index is -0.000000118. The molecular weight excluding hydrogens is 146 g/mol. The molecule has 0 aromatic heterocycles. The van der Waals surface area contributed by atoms with E-state index in [4.69, 9.17) is 0 Å². The molecule has 1 atom stereocenters. The van der Waals surface area contributed by atoms with Gasteiger partial charge in [-0.15, -0.1) is 0 Å². The zero-order valence-electron chi connectivity index (χ0n) is 10.4. The Morgan fingerprint density at radius 3 is 1.25 bits per heavy atom. The highest BCUT2D eigenvalue weighted by atomic mass is 14.8. The molecule has 0 aliphatic carbocycles. The molecule has 0 amide bonds. The van der Waals surface area contributed by atoms with Crippen LogP contribution in [-0.2, 0) is 0 Å². The maximum atomic E-state index is 3.11. The molecule has 0 saturated heterocycles. The molecule has 0 saturated carbocycles. The highest BCUT2D eigenvalue weighted by molar-refractivity contribution is 4.49. The first-order valence-corrected chi connectivity index (χ1v) is 5.21. The third kappa shape index (κ3) is 51.0. The minimum absolute atomic E-state index is 0.685. The zero-order chi connectivity index (χ0) is 10.6. The van der Waals surface area contributed by atoms with Crippen LogP contribution in [0, 0.1) is 5.92 Å². The van der Waals surface area contributed by atoms with Crippen molar-refractivity contribution in [2.24, 2.45) is 5.92 Å². The van der Waals surface area contributed by atoms with Gasteiger partial charge >= 0.3 is 0 Å². The molecule has 1 heteroatoms. The second kappa shape index (κ2) is 17.2. The van der Waals surface area contributed by atoms with E-state index in [0.29, 0.717) is 6.04 Å². The van der Waals surface area contributed by atoms with E-state index in [-0.39, 0.29) is 0 Å². The smallest absolute Gasteiger partial charge is 0.00331 e. The van der Waals surface area contributed by atoms with Gasteiger partial charge in [0.2, 0.25) is 0 Å². The van der Waals surface area contributed by atoms with E-state index >= 15 is 0 Å². The molecule has 78 valence electrons. The molecule has 0 heterocycles. The third-order valence-electron chi connectivity index (χ3n) is 1.11. The van der Waals surface area contributed by atoms with E-state index in [9.17, 15) is 0 Å². The van der Waals surface area contributed by atoms with Crippen LogP contribution in [0.25, 0.3) is 0 Å². The fourth-order valence-corrected chi connectivity index (χ4v) is 0.204. The quantitative estimate of drug-likeness (QED) is 0.675. The van der Waals surface area contributed by atoms with Crippen LogP contribution in [0.4, 0.5) is 0 Å². The molecule has 1 nitrogen and oxygen atoms in total. The Hall–Kier alpha value is -0.0400. The molecule has 0 aliphatic heterocycles. The van der Waals surface area contributed by atoms with E-state index in [1.807, 2.05) is 20.9 Å². The zero-order valence-corrected chi connectivity index (χ0v) is 10.4. The average molecular weight is 175 g/mol. The van der Waals surface area contributed by atoms with Crippen molar-refractivity contribution in [2.45, 2.75) is 60.9 Å². The van der Waals surface area contributed by atoms with Gasteiger partial charge in [0.25, 0.3) is 0 Å². The van der Waals surface area contributed by atoms with Gasteiger partial charge < -0.3 is 5.32 Å². The van der Waals surface area contributed by atoms with Gasteiger partial charge in [0.05, 0.1) is 0 Å². The van der Waals surface area contributed by atoms with E-state index in [1.54, 1.807) is 0 Å². The lowest BCUT2D eigenvalue weighted by molar-refractivity contribution is 0.593. The van der Waals surface area contributed by atoms with Crippen LogP contribution < -0.4 is 5.32 Å².